The Kier molecular flexibility index (Phi) is 5.10. The molecule has 1 aliphatic rings. The van der Waals surface area contributed by atoms with Crippen molar-refractivity contribution in [1.29, 1.82) is 0 Å². The van der Waals surface area contributed by atoms with E-state index in [1.54, 1.807) is 0 Å². The normalized spacial score (nSPS) is 19.8. The zero-order valence-electron chi connectivity index (χ0n) is 10.9. The van der Waals surface area contributed by atoms with Crippen molar-refractivity contribution >= 4 is 0 Å². The number of rotatable bonds is 7. The van der Waals surface area contributed by atoms with Gasteiger partial charge in [0.1, 0.15) is 0 Å². The Morgan fingerprint density at radius 2 is 2.28 bits per heavy atom. The van der Waals surface area contributed by atoms with Gasteiger partial charge in [-0.05, 0) is 19.4 Å². The van der Waals surface area contributed by atoms with Gasteiger partial charge in [-0.3, -0.25) is 4.90 Å². The van der Waals surface area contributed by atoms with Gasteiger partial charge in [0, 0.05) is 25.6 Å². The van der Waals surface area contributed by atoms with Crippen LogP contribution in [0.25, 0.3) is 0 Å². The summed E-state index contributed by atoms with van der Waals surface area (Å²) in [6.45, 7) is 5.42. The Bertz CT molecular complexity index is 350. The van der Waals surface area contributed by atoms with Crippen molar-refractivity contribution in [1.82, 2.24) is 20.4 Å². The summed E-state index contributed by atoms with van der Waals surface area (Å²) in [5.74, 6) is 1.31. The smallest absolute Gasteiger partial charge is 0.230 e. The van der Waals surface area contributed by atoms with Crippen LogP contribution in [0, 0.1) is 0 Å². The third kappa shape index (κ3) is 3.76. The number of nitrogens with one attached hydrogen (secondary N) is 1. The van der Waals surface area contributed by atoms with Gasteiger partial charge in [-0.2, -0.15) is 0 Å². The topological polar surface area (TPSA) is 74.4 Å². The highest BCUT2D eigenvalue weighted by atomic mass is 16.4. The van der Waals surface area contributed by atoms with Gasteiger partial charge in [-0.25, -0.2) is 0 Å². The SMILES string of the molecule is CCc1nnc(CN(CCO)CC2CCCN2)o1. The van der Waals surface area contributed by atoms with E-state index in [9.17, 15) is 0 Å². The largest absolute Gasteiger partial charge is 0.424 e. The molecule has 1 aliphatic heterocycles. The molecule has 1 aromatic rings. The van der Waals surface area contributed by atoms with Gasteiger partial charge in [-0.15, -0.1) is 10.2 Å². The van der Waals surface area contributed by atoms with Gasteiger partial charge in [0.2, 0.25) is 11.8 Å². The Balaban J connectivity index is 1.87. The summed E-state index contributed by atoms with van der Waals surface area (Å²) >= 11 is 0. The third-order valence-electron chi connectivity index (χ3n) is 3.23. The summed E-state index contributed by atoms with van der Waals surface area (Å²) in [4.78, 5) is 2.16. The van der Waals surface area contributed by atoms with Gasteiger partial charge in [0.25, 0.3) is 0 Å². The minimum absolute atomic E-state index is 0.154. The predicted molar refractivity (Wildman–Crippen MR) is 67.1 cm³/mol. The number of aryl methyl sites for hydroxylation is 1. The monoisotopic (exact) mass is 254 g/mol. The maximum Gasteiger partial charge on any atom is 0.230 e. The molecular weight excluding hydrogens is 232 g/mol. The predicted octanol–water partition coefficient (Wildman–Crippen LogP) is 0.178. The van der Waals surface area contributed by atoms with Crippen LogP contribution in [0.5, 0.6) is 0 Å². The first-order chi connectivity index (χ1) is 8.81. The number of aliphatic hydroxyl groups is 1. The summed E-state index contributed by atoms with van der Waals surface area (Å²) < 4.78 is 5.51. The van der Waals surface area contributed by atoms with E-state index in [4.69, 9.17) is 9.52 Å². The summed E-state index contributed by atoms with van der Waals surface area (Å²) in [5.41, 5.74) is 0. The van der Waals surface area contributed by atoms with Crippen molar-refractivity contribution in [2.45, 2.75) is 38.8 Å². The Morgan fingerprint density at radius 1 is 1.44 bits per heavy atom. The zero-order valence-corrected chi connectivity index (χ0v) is 10.9. The molecule has 1 saturated heterocycles. The van der Waals surface area contributed by atoms with Crippen LogP contribution in [0.15, 0.2) is 4.42 Å². The first-order valence-electron chi connectivity index (χ1n) is 6.69. The molecule has 1 fully saturated rings. The van der Waals surface area contributed by atoms with Crippen molar-refractivity contribution in [3.63, 3.8) is 0 Å². The number of aliphatic hydroxyl groups excluding tert-OH is 1. The minimum Gasteiger partial charge on any atom is -0.424 e. The fraction of sp³-hybridized carbons (Fsp3) is 0.833. The number of nitrogens with zero attached hydrogens (tertiary/aromatic N) is 3. The second kappa shape index (κ2) is 6.82. The molecule has 18 heavy (non-hydrogen) atoms. The highest BCUT2D eigenvalue weighted by Crippen LogP contribution is 2.10. The molecule has 102 valence electrons. The molecule has 2 rings (SSSR count). The van der Waals surface area contributed by atoms with Crippen LogP contribution >= 0.6 is 0 Å². The molecule has 0 aliphatic carbocycles. The summed E-state index contributed by atoms with van der Waals surface area (Å²) in [5, 5.41) is 20.6. The van der Waals surface area contributed by atoms with Gasteiger partial charge < -0.3 is 14.8 Å². The maximum atomic E-state index is 9.11. The molecule has 0 radical (unpaired) electrons. The molecule has 1 aromatic heterocycles. The van der Waals surface area contributed by atoms with Crippen molar-refractivity contribution in [2.24, 2.45) is 0 Å². The van der Waals surface area contributed by atoms with Crippen LogP contribution in [-0.4, -0.2) is 52.5 Å². The van der Waals surface area contributed by atoms with E-state index in [1.807, 2.05) is 6.92 Å². The van der Waals surface area contributed by atoms with E-state index in [-0.39, 0.29) is 6.61 Å². The van der Waals surface area contributed by atoms with Crippen molar-refractivity contribution in [3.05, 3.63) is 11.8 Å². The molecule has 0 aromatic carbocycles. The van der Waals surface area contributed by atoms with Crippen LogP contribution in [0.2, 0.25) is 0 Å². The van der Waals surface area contributed by atoms with E-state index in [0.717, 1.165) is 19.5 Å². The van der Waals surface area contributed by atoms with Crippen LogP contribution in [0.3, 0.4) is 0 Å². The highest BCUT2D eigenvalue weighted by Gasteiger charge is 2.19. The molecule has 1 unspecified atom stereocenters. The lowest BCUT2D eigenvalue weighted by Gasteiger charge is -2.23. The van der Waals surface area contributed by atoms with Crippen molar-refractivity contribution in [3.8, 4) is 0 Å². The van der Waals surface area contributed by atoms with Gasteiger partial charge in [0.05, 0.1) is 13.2 Å². The van der Waals surface area contributed by atoms with Crippen LogP contribution < -0.4 is 5.32 Å². The molecule has 2 N–H and O–H groups in total. The average molecular weight is 254 g/mol. The molecular formula is C12H22N4O2. The Morgan fingerprint density at radius 3 is 2.89 bits per heavy atom. The molecule has 0 amide bonds. The molecule has 1 atom stereocenters. The van der Waals surface area contributed by atoms with E-state index >= 15 is 0 Å². The summed E-state index contributed by atoms with van der Waals surface area (Å²) in [6, 6.07) is 0.519. The van der Waals surface area contributed by atoms with E-state index < -0.39 is 0 Å². The van der Waals surface area contributed by atoms with E-state index in [0.29, 0.717) is 30.9 Å². The molecule has 6 nitrogen and oxygen atoms in total. The minimum atomic E-state index is 0.154. The lowest BCUT2D eigenvalue weighted by Crippen LogP contribution is -2.38. The lowest BCUT2D eigenvalue weighted by molar-refractivity contribution is 0.167. The second-order valence-corrected chi connectivity index (χ2v) is 4.70. The average Bonchev–Trinajstić information content (AvgIpc) is 3.00. The Labute approximate surface area is 107 Å². The second-order valence-electron chi connectivity index (χ2n) is 4.70. The van der Waals surface area contributed by atoms with Gasteiger partial charge in [0.15, 0.2) is 0 Å². The molecule has 6 heteroatoms. The van der Waals surface area contributed by atoms with E-state index in [2.05, 4.69) is 20.4 Å². The quantitative estimate of drug-likeness (QED) is 0.723. The summed E-state index contributed by atoms with van der Waals surface area (Å²) in [7, 11) is 0. The van der Waals surface area contributed by atoms with Gasteiger partial charge in [-0.1, -0.05) is 6.92 Å². The van der Waals surface area contributed by atoms with Crippen LogP contribution in [0.4, 0.5) is 0 Å². The number of aromatic nitrogens is 2. The number of hydrogen-bond donors (Lipinski definition) is 2. The number of hydrogen-bond acceptors (Lipinski definition) is 6. The highest BCUT2D eigenvalue weighted by molar-refractivity contribution is 4.84. The molecule has 0 saturated carbocycles. The molecule has 2 heterocycles. The first kappa shape index (κ1) is 13.5. The van der Waals surface area contributed by atoms with Gasteiger partial charge >= 0.3 is 0 Å². The summed E-state index contributed by atoms with van der Waals surface area (Å²) in [6.07, 6.45) is 3.20. The van der Waals surface area contributed by atoms with Crippen LogP contribution in [0.1, 0.15) is 31.5 Å². The zero-order chi connectivity index (χ0) is 12.8. The Hall–Kier alpha value is -0.980. The first-order valence-corrected chi connectivity index (χ1v) is 6.69. The third-order valence-corrected chi connectivity index (χ3v) is 3.23. The van der Waals surface area contributed by atoms with Crippen molar-refractivity contribution < 1.29 is 9.52 Å². The van der Waals surface area contributed by atoms with Crippen LogP contribution in [-0.2, 0) is 13.0 Å². The maximum absolute atomic E-state index is 9.11. The molecule has 0 bridgehead atoms. The lowest BCUT2D eigenvalue weighted by atomic mass is 10.2. The standard InChI is InChI=1S/C12H22N4O2/c1-2-11-14-15-12(18-11)9-16(6-7-17)8-10-4-3-5-13-10/h10,13,17H,2-9H2,1H3. The van der Waals surface area contributed by atoms with E-state index in [1.165, 1.54) is 12.8 Å². The fourth-order valence-electron chi connectivity index (χ4n) is 2.29. The van der Waals surface area contributed by atoms with Crippen molar-refractivity contribution in [2.75, 3.05) is 26.2 Å². The molecule has 0 spiro atoms. The fourth-order valence-corrected chi connectivity index (χ4v) is 2.29.